The summed E-state index contributed by atoms with van der Waals surface area (Å²) in [7, 11) is 0. The van der Waals surface area contributed by atoms with E-state index in [2.05, 4.69) is 44.1 Å². The summed E-state index contributed by atoms with van der Waals surface area (Å²) in [5.41, 5.74) is 6.31. The number of rotatable bonds is 3. The van der Waals surface area contributed by atoms with Gasteiger partial charge >= 0.3 is 0 Å². The maximum atomic E-state index is 12.6. The molecule has 0 radical (unpaired) electrons. The molecular formula is C15H20Br2N2O. The highest BCUT2D eigenvalue weighted by atomic mass is 79.9. The van der Waals surface area contributed by atoms with Crippen molar-refractivity contribution < 1.29 is 4.79 Å². The first-order chi connectivity index (χ1) is 9.47. The maximum absolute atomic E-state index is 12.6. The normalized spacial score (nSPS) is 26.3. The molecule has 1 amide bonds. The molecule has 20 heavy (non-hydrogen) atoms. The van der Waals surface area contributed by atoms with E-state index in [4.69, 9.17) is 5.73 Å². The van der Waals surface area contributed by atoms with E-state index >= 15 is 0 Å². The van der Waals surface area contributed by atoms with E-state index < -0.39 is 5.41 Å². The molecule has 5 heteroatoms. The van der Waals surface area contributed by atoms with Crippen LogP contribution in [0.1, 0.15) is 32.6 Å². The number of hydrogen-bond acceptors (Lipinski definition) is 2. The lowest BCUT2D eigenvalue weighted by atomic mass is 9.70. The number of anilines is 1. The highest BCUT2D eigenvalue weighted by molar-refractivity contribution is 9.11. The zero-order chi connectivity index (χ0) is 14.8. The number of carbonyl (C=O) groups is 1. The first kappa shape index (κ1) is 16.0. The Morgan fingerprint density at radius 2 is 2.05 bits per heavy atom. The van der Waals surface area contributed by atoms with Crippen molar-refractivity contribution in [2.45, 2.75) is 32.6 Å². The van der Waals surface area contributed by atoms with Gasteiger partial charge in [0.2, 0.25) is 5.91 Å². The smallest absolute Gasteiger partial charge is 0.231 e. The molecule has 0 heterocycles. The van der Waals surface area contributed by atoms with Crippen molar-refractivity contribution >= 4 is 43.5 Å². The van der Waals surface area contributed by atoms with Crippen molar-refractivity contribution in [3.63, 3.8) is 0 Å². The second-order valence-corrected chi connectivity index (χ2v) is 7.52. The molecule has 1 saturated carbocycles. The van der Waals surface area contributed by atoms with Crippen LogP contribution >= 0.6 is 31.9 Å². The van der Waals surface area contributed by atoms with Gasteiger partial charge in [0, 0.05) is 15.5 Å². The summed E-state index contributed by atoms with van der Waals surface area (Å²) in [5.74, 6) is 0.747. The molecule has 2 rings (SSSR count). The molecule has 0 bridgehead atoms. The molecule has 3 nitrogen and oxygen atoms in total. The van der Waals surface area contributed by atoms with Crippen molar-refractivity contribution in [2.24, 2.45) is 17.1 Å². The Labute approximate surface area is 136 Å². The van der Waals surface area contributed by atoms with Gasteiger partial charge in [0.15, 0.2) is 0 Å². The van der Waals surface area contributed by atoms with E-state index in [0.717, 1.165) is 40.3 Å². The molecule has 1 aromatic rings. The minimum Gasteiger partial charge on any atom is -0.329 e. The van der Waals surface area contributed by atoms with Gasteiger partial charge in [-0.25, -0.2) is 0 Å². The molecule has 110 valence electrons. The third-order valence-electron chi connectivity index (χ3n) is 4.28. The zero-order valence-electron chi connectivity index (χ0n) is 11.6. The van der Waals surface area contributed by atoms with Gasteiger partial charge in [-0.2, -0.15) is 0 Å². The quantitative estimate of drug-likeness (QED) is 0.790. The van der Waals surface area contributed by atoms with Gasteiger partial charge in [-0.3, -0.25) is 4.79 Å². The van der Waals surface area contributed by atoms with Gasteiger partial charge in [0.1, 0.15) is 0 Å². The third kappa shape index (κ3) is 3.43. The van der Waals surface area contributed by atoms with Gasteiger partial charge in [0.05, 0.1) is 11.1 Å². The molecule has 1 fully saturated rings. The summed E-state index contributed by atoms with van der Waals surface area (Å²) >= 11 is 6.88. The topological polar surface area (TPSA) is 55.1 Å². The molecule has 0 aliphatic heterocycles. The summed E-state index contributed by atoms with van der Waals surface area (Å²) in [5, 5.41) is 3.03. The summed E-state index contributed by atoms with van der Waals surface area (Å²) in [6.07, 6.45) is 3.91. The SMILES string of the molecule is CC1CCC(CN)(C(=O)Nc2ccc(Br)cc2Br)CC1. The van der Waals surface area contributed by atoms with Crippen molar-refractivity contribution in [3.8, 4) is 0 Å². The van der Waals surface area contributed by atoms with Crippen molar-refractivity contribution in [3.05, 3.63) is 27.1 Å². The van der Waals surface area contributed by atoms with Gasteiger partial charge in [-0.15, -0.1) is 0 Å². The molecule has 1 aliphatic carbocycles. The van der Waals surface area contributed by atoms with E-state index in [1.54, 1.807) is 0 Å². The molecule has 1 aromatic carbocycles. The van der Waals surface area contributed by atoms with Crippen LogP contribution in [0.5, 0.6) is 0 Å². The Kier molecular flexibility index (Phi) is 5.26. The van der Waals surface area contributed by atoms with E-state index in [1.165, 1.54) is 0 Å². The molecule has 0 spiro atoms. The monoisotopic (exact) mass is 402 g/mol. The van der Waals surface area contributed by atoms with Crippen LogP contribution in [-0.2, 0) is 4.79 Å². The van der Waals surface area contributed by atoms with Crippen LogP contribution < -0.4 is 11.1 Å². The Morgan fingerprint density at radius 3 is 2.60 bits per heavy atom. The predicted molar refractivity (Wildman–Crippen MR) is 89.6 cm³/mol. The highest BCUT2D eigenvalue weighted by Crippen LogP contribution is 2.39. The number of hydrogen-bond donors (Lipinski definition) is 2. The fourth-order valence-corrected chi connectivity index (χ4v) is 3.83. The fourth-order valence-electron chi connectivity index (χ4n) is 2.68. The highest BCUT2D eigenvalue weighted by Gasteiger charge is 2.39. The Morgan fingerprint density at radius 1 is 1.40 bits per heavy atom. The second kappa shape index (κ2) is 6.58. The van der Waals surface area contributed by atoms with Crippen LogP contribution in [0.15, 0.2) is 27.1 Å². The number of nitrogens with two attached hydrogens (primary N) is 1. The number of benzene rings is 1. The van der Waals surface area contributed by atoms with E-state index in [-0.39, 0.29) is 5.91 Å². The Bertz CT molecular complexity index is 497. The zero-order valence-corrected chi connectivity index (χ0v) is 14.8. The van der Waals surface area contributed by atoms with Crippen molar-refractivity contribution in [1.82, 2.24) is 0 Å². The van der Waals surface area contributed by atoms with E-state index in [1.807, 2.05) is 18.2 Å². The van der Waals surface area contributed by atoms with Gasteiger partial charge < -0.3 is 11.1 Å². The molecular weight excluding hydrogens is 384 g/mol. The van der Waals surface area contributed by atoms with Crippen LogP contribution in [-0.4, -0.2) is 12.5 Å². The molecule has 0 aromatic heterocycles. The van der Waals surface area contributed by atoms with Gasteiger partial charge in [-0.05, 0) is 65.7 Å². The van der Waals surface area contributed by atoms with E-state index in [0.29, 0.717) is 12.5 Å². The number of carbonyl (C=O) groups excluding carboxylic acids is 1. The minimum absolute atomic E-state index is 0.0509. The summed E-state index contributed by atoms with van der Waals surface area (Å²) in [6.45, 7) is 2.66. The van der Waals surface area contributed by atoms with Crippen molar-refractivity contribution in [2.75, 3.05) is 11.9 Å². The van der Waals surface area contributed by atoms with Crippen LogP contribution in [0.2, 0.25) is 0 Å². The summed E-state index contributed by atoms with van der Waals surface area (Å²) in [6, 6.07) is 5.73. The molecule has 3 N–H and O–H groups in total. The maximum Gasteiger partial charge on any atom is 0.231 e. The largest absolute Gasteiger partial charge is 0.329 e. The minimum atomic E-state index is -0.404. The van der Waals surface area contributed by atoms with Crippen molar-refractivity contribution in [1.29, 1.82) is 0 Å². The average molecular weight is 404 g/mol. The lowest BCUT2D eigenvalue weighted by Crippen LogP contribution is -2.44. The third-order valence-corrected chi connectivity index (χ3v) is 5.43. The number of halogens is 2. The first-order valence-corrected chi connectivity index (χ1v) is 8.52. The fraction of sp³-hybridized carbons (Fsp3) is 0.533. The van der Waals surface area contributed by atoms with Crippen LogP contribution in [0.3, 0.4) is 0 Å². The summed E-state index contributed by atoms with van der Waals surface area (Å²) < 4.78 is 1.85. The van der Waals surface area contributed by atoms with Crippen LogP contribution in [0.25, 0.3) is 0 Å². The average Bonchev–Trinajstić information content (AvgIpc) is 2.43. The lowest BCUT2D eigenvalue weighted by molar-refractivity contribution is -0.127. The first-order valence-electron chi connectivity index (χ1n) is 6.93. The predicted octanol–water partition coefficient (Wildman–Crippen LogP) is 4.31. The van der Waals surface area contributed by atoms with Gasteiger partial charge in [0.25, 0.3) is 0 Å². The lowest BCUT2D eigenvalue weighted by Gasteiger charge is -2.37. The van der Waals surface area contributed by atoms with E-state index in [9.17, 15) is 4.79 Å². The summed E-state index contributed by atoms with van der Waals surface area (Å²) in [4.78, 5) is 12.6. The number of nitrogens with one attached hydrogen (secondary N) is 1. The second-order valence-electron chi connectivity index (χ2n) is 5.75. The van der Waals surface area contributed by atoms with Crippen LogP contribution in [0, 0.1) is 11.3 Å². The standard InChI is InChI=1S/C15H20Br2N2O/c1-10-4-6-15(9-18,7-5-10)14(20)19-13-3-2-11(16)8-12(13)17/h2-3,8,10H,4-7,9,18H2,1H3,(H,19,20). The molecule has 1 aliphatic rings. The Hall–Kier alpha value is -0.390. The Balaban J connectivity index is 2.13. The molecule has 0 saturated heterocycles. The number of amides is 1. The molecule has 0 unspecified atom stereocenters. The van der Waals surface area contributed by atoms with Crippen LogP contribution in [0.4, 0.5) is 5.69 Å². The molecule has 0 atom stereocenters. The van der Waals surface area contributed by atoms with Gasteiger partial charge in [-0.1, -0.05) is 22.9 Å².